The zero-order chi connectivity index (χ0) is 14.7. The second-order valence-electron chi connectivity index (χ2n) is 5.98. The van der Waals surface area contributed by atoms with Crippen LogP contribution in [0.3, 0.4) is 0 Å². The molecule has 0 radical (unpaired) electrons. The summed E-state index contributed by atoms with van der Waals surface area (Å²) in [5.41, 5.74) is 0.910. The van der Waals surface area contributed by atoms with Gasteiger partial charge < -0.3 is 5.32 Å². The fraction of sp³-hybridized carbons (Fsp3) is 0.571. The Labute approximate surface area is 121 Å². The van der Waals surface area contributed by atoms with E-state index in [2.05, 4.69) is 26.1 Å². The zero-order valence-electron chi connectivity index (χ0n) is 12.0. The van der Waals surface area contributed by atoms with E-state index >= 15 is 0 Å². The molecule has 108 valence electrons. The van der Waals surface area contributed by atoms with Gasteiger partial charge in [0.25, 0.3) is 0 Å². The Morgan fingerprint density at radius 1 is 1.26 bits per heavy atom. The molecule has 0 fully saturated rings. The average molecular weight is 304 g/mol. The van der Waals surface area contributed by atoms with Crippen molar-refractivity contribution >= 4 is 21.4 Å². The van der Waals surface area contributed by atoms with Crippen molar-refractivity contribution in [3.05, 3.63) is 28.8 Å². The molecule has 0 aliphatic heterocycles. The summed E-state index contributed by atoms with van der Waals surface area (Å²) >= 11 is 6.10. The molecule has 0 amide bonds. The molecule has 1 N–H and O–H groups in total. The number of benzene rings is 1. The van der Waals surface area contributed by atoms with E-state index in [1.165, 1.54) is 6.26 Å². The van der Waals surface area contributed by atoms with Gasteiger partial charge in [-0.2, -0.15) is 0 Å². The van der Waals surface area contributed by atoms with Crippen LogP contribution in [0.4, 0.5) is 0 Å². The molecule has 19 heavy (non-hydrogen) atoms. The summed E-state index contributed by atoms with van der Waals surface area (Å²) < 4.78 is 23.4. The van der Waals surface area contributed by atoms with E-state index < -0.39 is 9.84 Å². The largest absolute Gasteiger partial charge is 0.313 e. The molecule has 0 aromatic heterocycles. The molecule has 0 aliphatic rings. The summed E-state index contributed by atoms with van der Waals surface area (Å²) in [5, 5.41) is 3.75. The van der Waals surface area contributed by atoms with Gasteiger partial charge in [-0.15, -0.1) is 0 Å². The second kappa shape index (κ2) is 6.25. The van der Waals surface area contributed by atoms with E-state index in [1.54, 1.807) is 18.2 Å². The normalized spacial score (nSPS) is 12.7. The maximum atomic E-state index is 11.7. The highest BCUT2D eigenvalue weighted by Gasteiger charge is 2.16. The monoisotopic (exact) mass is 303 g/mol. The maximum absolute atomic E-state index is 11.7. The van der Waals surface area contributed by atoms with Crippen molar-refractivity contribution in [2.45, 2.75) is 38.6 Å². The fourth-order valence-electron chi connectivity index (χ4n) is 1.73. The minimum Gasteiger partial charge on any atom is -0.313 e. The third-order valence-electron chi connectivity index (χ3n) is 2.83. The van der Waals surface area contributed by atoms with Crippen molar-refractivity contribution < 1.29 is 8.42 Å². The highest BCUT2D eigenvalue weighted by molar-refractivity contribution is 7.90. The molecular formula is C14H22ClNO2S. The van der Waals surface area contributed by atoms with Crippen LogP contribution in [0.5, 0.6) is 0 Å². The van der Waals surface area contributed by atoms with Crippen LogP contribution in [0.15, 0.2) is 23.1 Å². The Bertz CT molecular complexity index is 533. The molecule has 0 bridgehead atoms. The third kappa shape index (κ3) is 5.51. The standard InChI is InChI=1S/C14H22ClNO2S/c1-14(2,3)8-9-16-10-11-12(15)6-5-7-13(11)19(4,17)18/h5-7,16H,8-10H2,1-4H3. The molecule has 3 nitrogen and oxygen atoms in total. The Balaban J connectivity index is 2.79. The first-order valence-electron chi connectivity index (χ1n) is 6.29. The van der Waals surface area contributed by atoms with Crippen LogP contribution >= 0.6 is 11.6 Å². The first-order valence-corrected chi connectivity index (χ1v) is 8.56. The minimum atomic E-state index is -3.25. The Kier molecular flexibility index (Phi) is 5.42. The molecule has 1 aromatic carbocycles. The van der Waals surface area contributed by atoms with Crippen molar-refractivity contribution in [2.24, 2.45) is 5.41 Å². The number of hydrogen-bond donors (Lipinski definition) is 1. The van der Waals surface area contributed by atoms with Gasteiger partial charge in [0, 0.05) is 23.4 Å². The molecule has 0 unspecified atom stereocenters. The quantitative estimate of drug-likeness (QED) is 0.849. The summed E-state index contributed by atoms with van der Waals surface area (Å²) in [7, 11) is -3.25. The van der Waals surface area contributed by atoms with E-state index in [0.717, 1.165) is 13.0 Å². The molecular weight excluding hydrogens is 282 g/mol. The smallest absolute Gasteiger partial charge is 0.175 e. The van der Waals surface area contributed by atoms with Crippen molar-refractivity contribution in [1.29, 1.82) is 0 Å². The van der Waals surface area contributed by atoms with Gasteiger partial charge in [0.1, 0.15) is 0 Å². The molecule has 0 aliphatic carbocycles. The predicted octanol–water partition coefficient (Wildman–Crippen LogP) is 3.27. The lowest BCUT2D eigenvalue weighted by atomic mass is 9.92. The highest BCUT2D eigenvalue weighted by atomic mass is 35.5. The fourth-order valence-corrected chi connectivity index (χ4v) is 2.99. The van der Waals surface area contributed by atoms with Crippen LogP contribution in [-0.2, 0) is 16.4 Å². The zero-order valence-corrected chi connectivity index (χ0v) is 13.5. The number of rotatable bonds is 5. The van der Waals surface area contributed by atoms with Crippen LogP contribution in [0.1, 0.15) is 32.8 Å². The number of hydrogen-bond acceptors (Lipinski definition) is 3. The van der Waals surface area contributed by atoms with E-state index in [-0.39, 0.29) is 5.41 Å². The van der Waals surface area contributed by atoms with Gasteiger partial charge in [0.2, 0.25) is 0 Å². The third-order valence-corrected chi connectivity index (χ3v) is 4.36. The number of halogens is 1. The van der Waals surface area contributed by atoms with Gasteiger partial charge >= 0.3 is 0 Å². The molecule has 1 rings (SSSR count). The van der Waals surface area contributed by atoms with E-state index in [0.29, 0.717) is 22.0 Å². The SMILES string of the molecule is CC(C)(C)CCNCc1c(Cl)cccc1S(C)(=O)=O. The maximum Gasteiger partial charge on any atom is 0.175 e. The summed E-state index contributed by atoms with van der Waals surface area (Å²) in [6, 6.07) is 4.98. The van der Waals surface area contributed by atoms with Crippen LogP contribution in [0, 0.1) is 5.41 Å². The van der Waals surface area contributed by atoms with Gasteiger partial charge in [-0.05, 0) is 30.5 Å². The van der Waals surface area contributed by atoms with Crippen LogP contribution in [0.2, 0.25) is 5.02 Å². The summed E-state index contributed by atoms with van der Waals surface area (Å²) in [6.07, 6.45) is 2.23. The van der Waals surface area contributed by atoms with Crippen molar-refractivity contribution in [3.8, 4) is 0 Å². The molecule has 0 atom stereocenters. The van der Waals surface area contributed by atoms with Crippen LogP contribution in [0.25, 0.3) is 0 Å². The van der Waals surface area contributed by atoms with E-state index in [4.69, 9.17) is 11.6 Å². The molecule has 5 heteroatoms. The van der Waals surface area contributed by atoms with Gasteiger partial charge in [0.05, 0.1) is 4.90 Å². The number of nitrogens with one attached hydrogen (secondary N) is 1. The number of sulfone groups is 1. The predicted molar refractivity (Wildman–Crippen MR) is 80.3 cm³/mol. The van der Waals surface area contributed by atoms with Crippen molar-refractivity contribution in [2.75, 3.05) is 12.8 Å². The lowest BCUT2D eigenvalue weighted by Crippen LogP contribution is -2.21. The molecule has 0 saturated carbocycles. The molecule has 0 heterocycles. The van der Waals surface area contributed by atoms with Crippen LogP contribution in [-0.4, -0.2) is 21.2 Å². The Hall–Kier alpha value is -0.580. The summed E-state index contributed by atoms with van der Waals surface area (Å²) in [4.78, 5) is 0.309. The highest BCUT2D eigenvalue weighted by Crippen LogP contribution is 2.24. The van der Waals surface area contributed by atoms with E-state index in [1.807, 2.05) is 0 Å². The Morgan fingerprint density at radius 3 is 2.42 bits per heavy atom. The van der Waals surface area contributed by atoms with Gasteiger partial charge in [-0.25, -0.2) is 8.42 Å². The first-order chi connectivity index (χ1) is 8.61. The van der Waals surface area contributed by atoms with Gasteiger partial charge in [-0.3, -0.25) is 0 Å². The molecule has 0 spiro atoms. The molecule has 0 saturated heterocycles. The topological polar surface area (TPSA) is 46.2 Å². The molecule has 1 aromatic rings. The van der Waals surface area contributed by atoms with Crippen molar-refractivity contribution in [3.63, 3.8) is 0 Å². The lowest BCUT2D eigenvalue weighted by molar-refractivity contribution is 0.366. The van der Waals surface area contributed by atoms with Gasteiger partial charge in [-0.1, -0.05) is 38.4 Å². The summed E-state index contributed by atoms with van der Waals surface area (Å²) in [6.45, 7) is 7.82. The average Bonchev–Trinajstić information content (AvgIpc) is 2.23. The first kappa shape index (κ1) is 16.5. The minimum absolute atomic E-state index is 0.257. The van der Waals surface area contributed by atoms with Crippen molar-refractivity contribution in [1.82, 2.24) is 5.32 Å². The second-order valence-corrected chi connectivity index (χ2v) is 8.37. The van der Waals surface area contributed by atoms with Crippen LogP contribution < -0.4 is 5.32 Å². The summed E-state index contributed by atoms with van der Waals surface area (Å²) in [5.74, 6) is 0. The van der Waals surface area contributed by atoms with E-state index in [9.17, 15) is 8.42 Å². The van der Waals surface area contributed by atoms with Gasteiger partial charge in [0.15, 0.2) is 9.84 Å². The lowest BCUT2D eigenvalue weighted by Gasteiger charge is -2.18. The Morgan fingerprint density at radius 2 is 1.89 bits per heavy atom.